The predicted octanol–water partition coefficient (Wildman–Crippen LogP) is -0.606. The van der Waals surface area contributed by atoms with Crippen LogP contribution in [0.25, 0.3) is 0 Å². The van der Waals surface area contributed by atoms with Gasteiger partial charge in [-0.25, -0.2) is 0 Å². The van der Waals surface area contributed by atoms with Crippen LogP contribution in [0.1, 0.15) is 26.2 Å². The van der Waals surface area contributed by atoms with Crippen LogP contribution in [0.4, 0.5) is 0 Å². The quantitative estimate of drug-likeness (QED) is 0.721. The van der Waals surface area contributed by atoms with Gasteiger partial charge in [0.25, 0.3) is 0 Å². The Kier molecular flexibility index (Phi) is 5.37. The third-order valence-corrected chi connectivity index (χ3v) is 4.50. The molecule has 0 saturated carbocycles. The summed E-state index contributed by atoms with van der Waals surface area (Å²) in [5.41, 5.74) is 5.40. The first-order valence-electron chi connectivity index (χ1n) is 7.60. The molecule has 0 aromatic rings. The average Bonchev–Trinajstić information content (AvgIpc) is 2.46. The minimum absolute atomic E-state index is 0.0551. The van der Waals surface area contributed by atoms with Crippen LogP contribution in [0.5, 0.6) is 0 Å². The number of piperazine rings is 1. The van der Waals surface area contributed by atoms with Crippen LogP contribution in [0, 0.1) is 5.92 Å². The Bertz CT molecular complexity index is 355. The lowest BCUT2D eigenvalue weighted by atomic mass is 9.93. The Morgan fingerprint density at radius 1 is 1.25 bits per heavy atom. The minimum atomic E-state index is -0.213. The summed E-state index contributed by atoms with van der Waals surface area (Å²) in [6, 6.07) is 0.432. The van der Waals surface area contributed by atoms with Gasteiger partial charge in [0.15, 0.2) is 0 Å². The van der Waals surface area contributed by atoms with Gasteiger partial charge in [-0.05, 0) is 19.8 Å². The SMILES string of the molecule is CC1CCC(C(N)=O)CN1CCC(=O)N1CCNCC1. The number of carbonyl (C=O) groups is 2. The molecule has 2 heterocycles. The van der Waals surface area contributed by atoms with Crippen molar-refractivity contribution in [3.8, 4) is 0 Å². The number of piperidine rings is 1. The molecule has 0 aromatic carbocycles. The number of likely N-dealkylation sites (tertiary alicyclic amines) is 1. The molecular weight excluding hydrogens is 256 g/mol. The average molecular weight is 282 g/mol. The van der Waals surface area contributed by atoms with Crippen molar-refractivity contribution in [1.82, 2.24) is 15.1 Å². The van der Waals surface area contributed by atoms with E-state index in [2.05, 4.69) is 17.1 Å². The summed E-state index contributed by atoms with van der Waals surface area (Å²) in [4.78, 5) is 27.6. The van der Waals surface area contributed by atoms with Gasteiger partial charge in [-0.15, -0.1) is 0 Å². The number of hydrogen-bond acceptors (Lipinski definition) is 4. The molecule has 0 radical (unpaired) electrons. The van der Waals surface area contributed by atoms with Gasteiger partial charge in [-0.1, -0.05) is 0 Å². The highest BCUT2D eigenvalue weighted by Crippen LogP contribution is 2.21. The fraction of sp³-hybridized carbons (Fsp3) is 0.857. The number of hydrogen-bond donors (Lipinski definition) is 2. The second-order valence-corrected chi connectivity index (χ2v) is 5.90. The molecule has 2 aliphatic rings. The maximum atomic E-state index is 12.1. The number of nitrogens with two attached hydrogens (primary N) is 1. The molecule has 0 bridgehead atoms. The topological polar surface area (TPSA) is 78.7 Å². The lowest BCUT2D eigenvalue weighted by molar-refractivity contribution is -0.132. The van der Waals surface area contributed by atoms with Crippen molar-refractivity contribution in [2.24, 2.45) is 11.7 Å². The molecule has 2 amide bonds. The third-order valence-electron chi connectivity index (χ3n) is 4.50. The molecule has 114 valence electrons. The molecule has 2 fully saturated rings. The summed E-state index contributed by atoms with van der Waals surface area (Å²) >= 11 is 0. The van der Waals surface area contributed by atoms with Gasteiger partial charge in [-0.3, -0.25) is 14.5 Å². The number of carbonyl (C=O) groups excluding carboxylic acids is 2. The molecule has 0 spiro atoms. The minimum Gasteiger partial charge on any atom is -0.369 e. The molecule has 0 aliphatic carbocycles. The molecule has 2 unspecified atom stereocenters. The van der Waals surface area contributed by atoms with E-state index < -0.39 is 0 Å². The maximum Gasteiger partial charge on any atom is 0.223 e. The predicted molar refractivity (Wildman–Crippen MR) is 77.0 cm³/mol. The fourth-order valence-electron chi connectivity index (χ4n) is 3.03. The molecule has 2 saturated heterocycles. The smallest absolute Gasteiger partial charge is 0.223 e. The summed E-state index contributed by atoms with van der Waals surface area (Å²) in [5.74, 6) is -0.0456. The van der Waals surface area contributed by atoms with E-state index in [-0.39, 0.29) is 17.7 Å². The van der Waals surface area contributed by atoms with Gasteiger partial charge < -0.3 is 16.0 Å². The molecular formula is C14H26N4O2. The van der Waals surface area contributed by atoms with Crippen LogP contribution in [0.3, 0.4) is 0 Å². The van der Waals surface area contributed by atoms with Gasteiger partial charge in [-0.2, -0.15) is 0 Å². The molecule has 2 aliphatic heterocycles. The van der Waals surface area contributed by atoms with Crippen LogP contribution in [0.15, 0.2) is 0 Å². The van der Waals surface area contributed by atoms with Gasteiger partial charge >= 0.3 is 0 Å². The number of rotatable bonds is 4. The number of primary amides is 1. The molecule has 0 aromatic heterocycles. The lowest BCUT2D eigenvalue weighted by Gasteiger charge is -2.37. The molecule has 2 rings (SSSR count). The summed E-state index contributed by atoms with van der Waals surface area (Å²) in [7, 11) is 0. The van der Waals surface area contributed by atoms with Gasteiger partial charge in [0.2, 0.25) is 11.8 Å². The van der Waals surface area contributed by atoms with Crippen molar-refractivity contribution < 1.29 is 9.59 Å². The fourth-order valence-corrected chi connectivity index (χ4v) is 3.03. The van der Waals surface area contributed by atoms with Crippen molar-refractivity contribution in [2.45, 2.75) is 32.2 Å². The maximum absolute atomic E-state index is 12.1. The first kappa shape index (κ1) is 15.3. The summed E-state index contributed by atoms with van der Waals surface area (Å²) in [6.07, 6.45) is 2.39. The zero-order valence-corrected chi connectivity index (χ0v) is 12.3. The van der Waals surface area contributed by atoms with Crippen LogP contribution in [-0.4, -0.2) is 66.9 Å². The standard InChI is InChI=1S/C14H26N4O2/c1-11-2-3-12(14(15)20)10-18(11)7-4-13(19)17-8-5-16-6-9-17/h11-12,16H,2-10H2,1H3,(H2,15,20). The second-order valence-electron chi connectivity index (χ2n) is 5.90. The molecule has 20 heavy (non-hydrogen) atoms. The van der Waals surface area contributed by atoms with E-state index in [0.717, 1.165) is 45.6 Å². The number of amides is 2. The van der Waals surface area contributed by atoms with E-state index in [1.807, 2.05) is 4.90 Å². The molecule has 3 N–H and O–H groups in total. The van der Waals surface area contributed by atoms with Gasteiger partial charge in [0, 0.05) is 51.7 Å². The van der Waals surface area contributed by atoms with Crippen molar-refractivity contribution >= 4 is 11.8 Å². The summed E-state index contributed by atoms with van der Waals surface area (Å²) in [5, 5.41) is 3.24. The summed E-state index contributed by atoms with van der Waals surface area (Å²) in [6.45, 7) is 6.97. The Labute approximate surface area is 120 Å². The monoisotopic (exact) mass is 282 g/mol. The Morgan fingerprint density at radius 3 is 2.60 bits per heavy atom. The van der Waals surface area contributed by atoms with Crippen molar-refractivity contribution in [2.75, 3.05) is 39.3 Å². The zero-order valence-electron chi connectivity index (χ0n) is 12.3. The lowest BCUT2D eigenvalue weighted by Crippen LogP contribution is -2.49. The summed E-state index contributed by atoms with van der Waals surface area (Å²) < 4.78 is 0. The van der Waals surface area contributed by atoms with E-state index in [1.165, 1.54) is 0 Å². The third kappa shape index (κ3) is 3.93. The molecule has 6 nitrogen and oxygen atoms in total. The van der Waals surface area contributed by atoms with E-state index in [1.54, 1.807) is 0 Å². The van der Waals surface area contributed by atoms with Crippen molar-refractivity contribution in [1.29, 1.82) is 0 Å². The van der Waals surface area contributed by atoms with Crippen molar-refractivity contribution in [3.63, 3.8) is 0 Å². The highest BCUT2D eigenvalue weighted by Gasteiger charge is 2.29. The van der Waals surface area contributed by atoms with Gasteiger partial charge in [0.1, 0.15) is 0 Å². The number of nitrogens with one attached hydrogen (secondary N) is 1. The van der Waals surface area contributed by atoms with Crippen LogP contribution < -0.4 is 11.1 Å². The largest absolute Gasteiger partial charge is 0.369 e. The van der Waals surface area contributed by atoms with E-state index in [0.29, 0.717) is 19.0 Å². The van der Waals surface area contributed by atoms with E-state index in [4.69, 9.17) is 5.73 Å². The Balaban J connectivity index is 1.79. The van der Waals surface area contributed by atoms with Crippen LogP contribution in [0.2, 0.25) is 0 Å². The zero-order chi connectivity index (χ0) is 14.5. The van der Waals surface area contributed by atoms with Crippen LogP contribution in [-0.2, 0) is 9.59 Å². The molecule has 2 atom stereocenters. The molecule has 6 heteroatoms. The van der Waals surface area contributed by atoms with E-state index >= 15 is 0 Å². The van der Waals surface area contributed by atoms with E-state index in [9.17, 15) is 9.59 Å². The van der Waals surface area contributed by atoms with Crippen LogP contribution >= 0.6 is 0 Å². The first-order chi connectivity index (χ1) is 9.58. The Hall–Kier alpha value is -1.14. The highest BCUT2D eigenvalue weighted by molar-refractivity contribution is 5.77. The normalized spacial score (nSPS) is 28.4. The number of nitrogens with zero attached hydrogens (tertiary/aromatic N) is 2. The van der Waals surface area contributed by atoms with Gasteiger partial charge in [0.05, 0.1) is 5.92 Å². The highest BCUT2D eigenvalue weighted by atomic mass is 16.2. The van der Waals surface area contributed by atoms with Crippen molar-refractivity contribution in [3.05, 3.63) is 0 Å². The second kappa shape index (κ2) is 7.04. The Morgan fingerprint density at radius 2 is 1.95 bits per heavy atom. The first-order valence-corrected chi connectivity index (χ1v) is 7.60.